The van der Waals surface area contributed by atoms with Crippen molar-refractivity contribution in [1.82, 2.24) is 10.2 Å². The minimum absolute atomic E-state index is 0.0165. The Hall–Kier alpha value is -1.19. The smallest absolute Gasteiger partial charge is 0.312 e. The number of carbonyl (C=O) groups is 3. The molecule has 4 aliphatic rings. The molecule has 0 radical (unpaired) electrons. The third-order valence-corrected chi connectivity index (χ3v) is 9.18. The van der Waals surface area contributed by atoms with Gasteiger partial charge in [-0.3, -0.25) is 14.4 Å². The topological polar surface area (TPSA) is 105 Å². The molecule has 1 aliphatic carbocycles. The molecular formula is C24H37BrN2O6. The van der Waals surface area contributed by atoms with Crippen LogP contribution in [-0.4, -0.2) is 75.7 Å². The molecule has 1 spiro atoms. The standard InChI is InChI=1S/C24H37BrN2O6/c1-4-13(3)16(12-28)27-20(21(29)26-14-9-7-6-8-10-14)24-11-15(25)19(33-24)17(18(24)22(27)30)23(31)32-5-2/h13-20,28H,4-12H2,1-3H3,(H,26,29)/t13-,15?,16-,17+,18-,19+,20?,24?/m0/s1. The molecule has 3 unspecified atom stereocenters. The maximum absolute atomic E-state index is 14.0. The Bertz CT molecular complexity index is 774. The number of aliphatic hydroxyl groups excluding tert-OH is 1. The second kappa shape index (κ2) is 9.82. The van der Waals surface area contributed by atoms with E-state index in [4.69, 9.17) is 9.47 Å². The zero-order valence-electron chi connectivity index (χ0n) is 19.8. The Labute approximate surface area is 204 Å². The lowest BCUT2D eigenvalue weighted by molar-refractivity contribution is -0.155. The van der Waals surface area contributed by atoms with Crippen LogP contribution in [0, 0.1) is 17.8 Å². The number of aliphatic hydroxyl groups is 1. The molecule has 0 aromatic heterocycles. The summed E-state index contributed by atoms with van der Waals surface area (Å²) >= 11 is 3.65. The first-order valence-electron chi connectivity index (χ1n) is 12.5. The minimum atomic E-state index is -1.10. The van der Waals surface area contributed by atoms with Gasteiger partial charge in [0.25, 0.3) is 0 Å². The number of nitrogens with one attached hydrogen (secondary N) is 1. The quantitative estimate of drug-likeness (QED) is 0.369. The molecular weight excluding hydrogens is 492 g/mol. The molecule has 3 heterocycles. The second-order valence-corrected chi connectivity index (χ2v) is 11.3. The van der Waals surface area contributed by atoms with E-state index in [2.05, 4.69) is 21.2 Å². The summed E-state index contributed by atoms with van der Waals surface area (Å²) in [5.74, 6) is -2.53. The zero-order valence-corrected chi connectivity index (χ0v) is 21.4. The molecule has 8 nitrogen and oxygen atoms in total. The van der Waals surface area contributed by atoms with Gasteiger partial charge in [-0.1, -0.05) is 55.5 Å². The lowest BCUT2D eigenvalue weighted by atomic mass is 9.70. The fourth-order valence-corrected chi connectivity index (χ4v) is 7.52. The van der Waals surface area contributed by atoms with Crippen LogP contribution in [0.15, 0.2) is 0 Å². The molecule has 8 atom stereocenters. The van der Waals surface area contributed by atoms with Crippen molar-refractivity contribution in [3.05, 3.63) is 0 Å². The highest BCUT2D eigenvalue weighted by Crippen LogP contribution is 2.60. The van der Waals surface area contributed by atoms with Crippen LogP contribution in [-0.2, 0) is 23.9 Å². The van der Waals surface area contributed by atoms with E-state index in [0.717, 1.165) is 32.1 Å². The van der Waals surface area contributed by atoms with Crippen LogP contribution in [0.3, 0.4) is 0 Å². The maximum Gasteiger partial charge on any atom is 0.312 e. The summed E-state index contributed by atoms with van der Waals surface area (Å²) in [4.78, 5) is 42.1. The van der Waals surface area contributed by atoms with Crippen LogP contribution in [0.4, 0.5) is 0 Å². The number of halogens is 1. The number of fused-ring (bicyclic) bond motifs is 1. The van der Waals surface area contributed by atoms with Crippen molar-refractivity contribution in [3.63, 3.8) is 0 Å². The highest BCUT2D eigenvalue weighted by Gasteiger charge is 2.77. The van der Waals surface area contributed by atoms with Crippen molar-refractivity contribution in [2.45, 2.75) is 100 Å². The third-order valence-electron chi connectivity index (χ3n) is 8.33. The maximum atomic E-state index is 14.0. The Morgan fingerprint density at radius 1 is 1.30 bits per heavy atom. The first-order valence-corrected chi connectivity index (χ1v) is 13.4. The third kappa shape index (κ3) is 4.01. The van der Waals surface area contributed by atoms with Crippen molar-refractivity contribution in [2.24, 2.45) is 17.8 Å². The number of rotatable bonds is 8. The van der Waals surface area contributed by atoms with E-state index in [-0.39, 0.29) is 41.8 Å². The number of likely N-dealkylation sites (tertiary alicyclic amines) is 1. The Morgan fingerprint density at radius 2 is 2.00 bits per heavy atom. The van der Waals surface area contributed by atoms with Crippen LogP contribution >= 0.6 is 15.9 Å². The fraction of sp³-hybridized carbons (Fsp3) is 0.875. The van der Waals surface area contributed by atoms with E-state index in [1.54, 1.807) is 11.8 Å². The molecule has 4 rings (SSSR count). The molecule has 4 fully saturated rings. The van der Waals surface area contributed by atoms with Gasteiger partial charge >= 0.3 is 5.97 Å². The predicted octanol–water partition coefficient (Wildman–Crippen LogP) is 2.15. The molecule has 0 aromatic carbocycles. The van der Waals surface area contributed by atoms with Crippen LogP contribution < -0.4 is 5.32 Å². The first-order chi connectivity index (χ1) is 15.8. The number of amides is 2. The van der Waals surface area contributed by atoms with Gasteiger partial charge in [-0.05, 0) is 32.1 Å². The van der Waals surface area contributed by atoms with Crippen LogP contribution in [0.5, 0.6) is 0 Å². The molecule has 3 saturated heterocycles. The van der Waals surface area contributed by atoms with Crippen molar-refractivity contribution in [3.8, 4) is 0 Å². The number of nitrogens with zero attached hydrogens (tertiary/aromatic N) is 1. The van der Waals surface area contributed by atoms with E-state index in [0.29, 0.717) is 6.42 Å². The predicted molar refractivity (Wildman–Crippen MR) is 125 cm³/mol. The van der Waals surface area contributed by atoms with Gasteiger partial charge in [-0.25, -0.2) is 0 Å². The Kier molecular flexibility index (Phi) is 7.41. The Balaban J connectivity index is 1.74. The summed E-state index contributed by atoms with van der Waals surface area (Å²) < 4.78 is 11.8. The molecule has 3 aliphatic heterocycles. The van der Waals surface area contributed by atoms with Gasteiger partial charge in [0.2, 0.25) is 11.8 Å². The van der Waals surface area contributed by atoms with Gasteiger partial charge < -0.3 is 24.8 Å². The number of hydrogen-bond donors (Lipinski definition) is 2. The minimum Gasteiger partial charge on any atom is -0.466 e. The summed E-state index contributed by atoms with van der Waals surface area (Å²) in [6, 6.07) is -1.33. The van der Waals surface area contributed by atoms with Crippen LogP contribution in [0.2, 0.25) is 0 Å². The lowest BCUT2D eigenvalue weighted by Crippen LogP contribution is -2.60. The highest BCUT2D eigenvalue weighted by atomic mass is 79.9. The SMILES string of the molecule is CCOC(=O)[C@H]1[C@@H]2OC3(CC2Br)C(C(=O)NC2CCCCC2)N([C@@H](CO)[C@@H](C)CC)C(=O)[C@H]13. The highest BCUT2D eigenvalue weighted by molar-refractivity contribution is 9.09. The molecule has 2 bridgehead atoms. The molecule has 0 aromatic rings. The van der Waals surface area contributed by atoms with Gasteiger partial charge in [0.15, 0.2) is 0 Å². The summed E-state index contributed by atoms with van der Waals surface area (Å²) in [5, 5.41) is 13.5. The fourth-order valence-electron chi connectivity index (χ4n) is 6.57. The number of carbonyl (C=O) groups excluding carboxylic acids is 3. The zero-order chi connectivity index (χ0) is 23.9. The van der Waals surface area contributed by atoms with Gasteiger partial charge in [-0.15, -0.1) is 0 Å². The molecule has 2 amide bonds. The molecule has 9 heteroatoms. The van der Waals surface area contributed by atoms with Crippen molar-refractivity contribution in [1.29, 1.82) is 0 Å². The largest absolute Gasteiger partial charge is 0.466 e. The molecule has 1 saturated carbocycles. The van der Waals surface area contributed by atoms with E-state index in [9.17, 15) is 19.5 Å². The lowest BCUT2D eigenvalue weighted by Gasteiger charge is -2.39. The van der Waals surface area contributed by atoms with Crippen molar-refractivity contribution >= 4 is 33.7 Å². The van der Waals surface area contributed by atoms with E-state index in [1.807, 2.05) is 13.8 Å². The number of ether oxygens (including phenoxy) is 2. The van der Waals surface area contributed by atoms with Gasteiger partial charge in [-0.2, -0.15) is 0 Å². The second-order valence-electron chi connectivity index (χ2n) is 10.1. The summed E-state index contributed by atoms with van der Waals surface area (Å²) in [5.41, 5.74) is -1.10. The van der Waals surface area contributed by atoms with Gasteiger partial charge in [0, 0.05) is 10.9 Å². The van der Waals surface area contributed by atoms with E-state index >= 15 is 0 Å². The number of hydrogen-bond acceptors (Lipinski definition) is 6. The van der Waals surface area contributed by atoms with Gasteiger partial charge in [0.05, 0.1) is 37.2 Å². The van der Waals surface area contributed by atoms with Gasteiger partial charge in [0.1, 0.15) is 11.6 Å². The van der Waals surface area contributed by atoms with E-state index in [1.165, 1.54) is 6.42 Å². The van der Waals surface area contributed by atoms with E-state index < -0.39 is 41.6 Å². The van der Waals surface area contributed by atoms with Crippen molar-refractivity contribution < 1.29 is 29.0 Å². The van der Waals surface area contributed by atoms with Crippen LogP contribution in [0.25, 0.3) is 0 Å². The average molecular weight is 529 g/mol. The normalized spacial score (nSPS) is 37.7. The monoisotopic (exact) mass is 528 g/mol. The first kappa shape index (κ1) is 24.9. The summed E-state index contributed by atoms with van der Waals surface area (Å²) in [6.45, 7) is 5.68. The number of esters is 1. The summed E-state index contributed by atoms with van der Waals surface area (Å²) in [6.07, 6.45) is 5.86. The molecule has 33 heavy (non-hydrogen) atoms. The average Bonchev–Trinajstić information content (AvgIpc) is 3.39. The Morgan fingerprint density at radius 3 is 2.61 bits per heavy atom. The summed E-state index contributed by atoms with van der Waals surface area (Å²) in [7, 11) is 0. The number of alkyl halides is 1. The van der Waals surface area contributed by atoms with Crippen molar-refractivity contribution in [2.75, 3.05) is 13.2 Å². The molecule has 2 N–H and O–H groups in total. The molecule has 186 valence electrons. The van der Waals surface area contributed by atoms with Crippen LogP contribution in [0.1, 0.15) is 65.7 Å².